The second kappa shape index (κ2) is 9.17. The number of benzene rings is 3. The van der Waals surface area contributed by atoms with Gasteiger partial charge in [0.15, 0.2) is 0 Å². The average molecular weight is 474 g/mol. The molecule has 0 saturated heterocycles. The lowest BCUT2D eigenvalue weighted by atomic mass is 9.93. The number of aromatic nitrogens is 1. The Morgan fingerprint density at radius 1 is 1.15 bits per heavy atom. The molecule has 1 N–H and O–H groups in total. The zero-order chi connectivity index (χ0) is 22.8. The fourth-order valence-corrected chi connectivity index (χ4v) is 4.77. The summed E-state index contributed by atoms with van der Waals surface area (Å²) in [6.45, 7) is 0.725. The van der Waals surface area contributed by atoms with Gasteiger partial charge in [0.05, 0.1) is 34.2 Å². The Morgan fingerprint density at radius 2 is 2.06 bits per heavy atom. The molecule has 1 amide bonds. The molecule has 0 radical (unpaired) electrons. The number of rotatable bonds is 5. The fraction of sp³-hybridized carbons (Fsp3) is 0.115. The molecular formula is C26H20ClN3O2S. The maximum Gasteiger partial charge on any atom is 0.248 e. The molecule has 1 aliphatic heterocycles. The molecule has 1 aliphatic rings. The largest absolute Gasteiger partial charge is 0.495 e. The highest BCUT2D eigenvalue weighted by Crippen LogP contribution is 2.30. The number of fused-ring (bicyclic) bond motifs is 2. The topological polar surface area (TPSA) is 63.6 Å². The highest BCUT2D eigenvalue weighted by Gasteiger charge is 2.18. The number of hydrogen-bond donors (Lipinski definition) is 1. The van der Waals surface area contributed by atoms with Crippen LogP contribution in [0, 0.1) is 0 Å². The first-order valence-corrected chi connectivity index (χ1v) is 11.7. The van der Waals surface area contributed by atoms with E-state index in [9.17, 15) is 4.79 Å². The van der Waals surface area contributed by atoms with E-state index in [1.165, 1.54) is 11.6 Å². The Hall–Kier alpha value is -3.48. The van der Waals surface area contributed by atoms with Gasteiger partial charge in [0.2, 0.25) is 5.91 Å². The number of thiazole rings is 1. The standard InChI is InChI=1S/C26H20ClN3O2S/c1-32-23-13-18(26-20-14-19(27)6-4-17(20)10-11-28-26)5-8-21(23)30-25(31)9-3-16-2-7-22-24(12-16)33-15-29-22/h2-9,12-15H,10-11H2,1H3,(H,30,31). The van der Waals surface area contributed by atoms with Crippen LogP contribution in [0.15, 0.2) is 71.2 Å². The van der Waals surface area contributed by atoms with Gasteiger partial charge in [-0.15, -0.1) is 11.3 Å². The molecule has 33 heavy (non-hydrogen) atoms. The van der Waals surface area contributed by atoms with Gasteiger partial charge in [-0.25, -0.2) is 4.98 Å². The van der Waals surface area contributed by atoms with E-state index in [0.717, 1.165) is 45.6 Å². The maximum absolute atomic E-state index is 12.6. The highest BCUT2D eigenvalue weighted by molar-refractivity contribution is 7.16. The molecule has 1 aromatic heterocycles. The quantitative estimate of drug-likeness (QED) is 0.361. The van der Waals surface area contributed by atoms with E-state index in [0.29, 0.717) is 16.5 Å². The number of carbonyl (C=O) groups is 1. The summed E-state index contributed by atoms with van der Waals surface area (Å²) in [7, 11) is 1.59. The van der Waals surface area contributed by atoms with Crippen molar-refractivity contribution in [2.75, 3.05) is 19.0 Å². The molecule has 0 spiro atoms. The fourth-order valence-electron chi connectivity index (χ4n) is 3.87. The SMILES string of the molecule is COc1cc(C2=NCCc3ccc(Cl)cc32)ccc1NC(=O)C=Cc1ccc2ncsc2c1. The van der Waals surface area contributed by atoms with Crippen LogP contribution in [-0.2, 0) is 11.2 Å². The van der Waals surface area contributed by atoms with Gasteiger partial charge in [0.25, 0.3) is 0 Å². The van der Waals surface area contributed by atoms with Gasteiger partial charge >= 0.3 is 0 Å². The Balaban J connectivity index is 1.36. The van der Waals surface area contributed by atoms with Crippen molar-refractivity contribution in [3.8, 4) is 5.75 Å². The molecule has 0 unspecified atom stereocenters. The molecule has 3 aromatic carbocycles. The van der Waals surface area contributed by atoms with Crippen molar-refractivity contribution in [2.24, 2.45) is 4.99 Å². The number of amides is 1. The van der Waals surface area contributed by atoms with Crippen LogP contribution < -0.4 is 10.1 Å². The van der Waals surface area contributed by atoms with E-state index < -0.39 is 0 Å². The number of anilines is 1. The monoisotopic (exact) mass is 473 g/mol. The van der Waals surface area contributed by atoms with Gasteiger partial charge < -0.3 is 10.1 Å². The summed E-state index contributed by atoms with van der Waals surface area (Å²) in [5, 5.41) is 3.58. The van der Waals surface area contributed by atoms with Crippen LogP contribution in [0.2, 0.25) is 5.02 Å². The van der Waals surface area contributed by atoms with Crippen molar-refractivity contribution in [2.45, 2.75) is 6.42 Å². The van der Waals surface area contributed by atoms with E-state index in [-0.39, 0.29) is 5.91 Å². The second-order valence-electron chi connectivity index (χ2n) is 7.60. The minimum absolute atomic E-state index is 0.238. The van der Waals surface area contributed by atoms with Gasteiger partial charge in [-0.05, 0) is 60.0 Å². The predicted molar refractivity (Wildman–Crippen MR) is 136 cm³/mol. The lowest BCUT2D eigenvalue weighted by molar-refractivity contribution is -0.111. The van der Waals surface area contributed by atoms with Crippen LogP contribution >= 0.6 is 22.9 Å². The molecule has 0 aliphatic carbocycles. The van der Waals surface area contributed by atoms with E-state index in [2.05, 4.69) is 16.4 Å². The molecule has 7 heteroatoms. The summed E-state index contributed by atoms with van der Waals surface area (Å²) in [5.41, 5.74) is 8.37. The smallest absolute Gasteiger partial charge is 0.248 e. The number of nitrogens with one attached hydrogen (secondary N) is 1. The highest BCUT2D eigenvalue weighted by atomic mass is 35.5. The van der Waals surface area contributed by atoms with Crippen molar-refractivity contribution in [3.05, 3.63) is 93.5 Å². The first-order valence-electron chi connectivity index (χ1n) is 10.4. The molecule has 2 heterocycles. The molecule has 164 valence electrons. The Labute approximate surface area is 200 Å². The predicted octanol–water partition coefficient (Wildman–Crippen LogP) is 6.00. The van der Waals surface area contributed by atoms with Crippen LogP contribution in [0.3, 0.4) is 0 Å². The lowest BCUT2D eigenvalue weighted by Crippen LogP contribution is -2.15. The minimum Gasteiger partial charge on any atom is -0.495 e. The number of hydrogen-bond acceptors (Lipinski definition) is 5. The first kappa shape index (κ1) is 21.4. The molecule has 0 saturated carbocycles. The lowest BCUT2D eigenvalue weighted by Gasteiger charge is -2.19. The van der Waals surface area contributed by atoms with Crippen LogP contribution in [0.4, 0.5) is 5.69 Å². The van der Waals surface area contributed by atoms with E-state index in [1.54, 1.807) is 24.5 Å². The van der Waals surface area contributed by atoms with Crippen molar-refractivity contribution in [1.29, 1.82) is 0 Å². The Bertz CT molecular complexity index is 1420. The van der Waals surface area contributed by atoms with Gasteiger partial charge in [-0.1, -0.05) is 29.8 Å². The molecule has 0 atom stereocenters. The van der Waals surface area contributed by atoms with Gasteiger partial charge in [-0.3, -0.25) is 9.79 Å². The molecule has 5 nitrogen and oxygen atoms in total. The number of carbonyl (C=O) groups excluding carboxylic acids is 1. The van der Waals surface area contributed by atoms with Gasteiger partial charge in [-0.2, -0.15) is 0 Å². The number of halogens is 1. The average Bonchev–Trinajstić information content (AvgIpc) is 3.30. The Morgan fingerprint density at radius 3 is 2.94 bits per heavy atom. The van der Waals surface area contributed by atoms with Crippen molar-refractivity contribution < 1.29 is 9.53 Å². The van der Waals surface area contributed by atoms with E-state index >= 15 is 0 Å². The molecule has 5 rings (SSSR count). The Kier molecular flexibility index (Phi) is 5.94. The zero-order valence-corrected chi connectivity index (χ0v) is 19.4. The summed E-state index contributed by atoms with van der Waals surface area (Å²) in [4.78, 5) is 21.6. The van der Waals surface area contributed by atoms with E-state index in [1.807, 2.05) is 54.0 Å². The molecular weight excluding hydrogens is 454 g/mol. The molecule has 0 fully saturated rings. The summed E-state index contributed by atoms with van der Waals surface area (Å²) in [6.07, 6.45) is 4.19. The second-order valence-corrected chi connectivity index (χ2v) is 8.92. The van der Waals surface area contributed by atoms with Gasteiger partial charge in [0.1, 0.15) is 5.75 Å². The third kappa shape index (κ3) is 4.53. The summed E-state index contributed by atoms with van der Waals surface area (Å²) in [5.74, 6) is 0.328. The number of methoxy groups -OCH3 is 1. The van der Waals surface area contributed by atoms with E-state index in [4.69, 9.17) is 21.3 Å². The maximum atomic E-state index is 12.6. The van der Waals surface area contributed by atoms with Crippen LogP contribution in [0.25, 0.3) is 16.3 Å². The van der Waals surface area contributed by atoms with Crippen molar-refractivity contribution in [1.82, 2.24) is 4.98 Å². The van der Waals surface area contributed by atoms with Gasteiger partial charge in [0, 0.05) is 28.8 Å². The first-order chi connectivity index (χ1) is 16.1. The van der Waals surface area contributed by atoms with Crippen molar-refractivity contribution >= 4 is 56.5 Å². The zero-order valence-electron chi connectivity index (χ0n) is 17.8. The summed E-state index contributed by atoms with van der Waals surface area (Å²) < 4.78 is 6.65. The number of nitrogens with zero attached hydrogens (tertiary/aromatic N) is 2. The normalized spacial score (nSPS) is 13.1. The molecule has 0 bridgehead atoms. The minimum atomic E-state index is -0.238. The summed E-state index contributed by atoms with van der Waals surface area (Å²) in [6, 6.07) is 17.5. The van der Waals surface area contributed by atoms with Crippen LogP contribution in [0.1, 0.15) is 22.3 Å². The molecule has 4 aromatic rings. The summed E-state index contributed by atoms with van der Waals surface area (Å²) >= 11 is 7.80. The van der Waals surface area contributed by atoms with Crippen LogP contribution in [0.5, 0.6) is 5.75 Å². The number of aliphatic imine (C=N–C) groups is 1. The van der Waals surface area contributed by atoms with Crippen molar-refractivity contribution in [3.63, 3.8) is 0 Å². The third-order valence-corrected chi connectivity index (χ3v) is 6.52. The number of ether oxygens (including phenoxy) is 1. The van der Waals surface area contributed by atoms with Crippen LogP contribution in [-0.4, -0.2) is 30.3 Å². The third-order valence-electron chi connectivity index (χ3n) is 5.49.